The molecule has 0 aliphatic heterocycles. The second-order valence-corrected chi connectivity index (χ2v) is 7.25. The molecule has 1 amide bonds. The Balaban J connectivity index is 2.08. The van der Waals surface area contributed by atoms with Crippen molar-refractivity contribution in [1.29, 1.82) is 0 Å². The predicted molar refractivity (Wildman–Crippen MR) is 89.8 cm³/mol. The molecule has 2 rings (SSSR count). The molecule has 0 atom stereocenters. The fourth-order valence-electron chi connectivity index (χ4n) is 2.13. The second-order valence-electron chi connectivity index (χ2n) is 5.57. The van der Waals surface area contributed by atoms with Gasteiger partial charge in [-0.1, -0.05) is 0 Å². The third-order valence-corrected chi connectivity index (χ3v) is 5.11. The maximum absolute atomic E-state index is 12.4. The van der Waals surface area contributed by atoms with E-state index in [1.54, 1.807) is 6.07 Å². The summed E-state index contributed by atoms with van der Waals surface area (Å²) < 4.78 is 37.8. The van der Waals surface area contributed by atoms with Crippen LogP contribution in [0.5, 0.6) is 5.75 Å². The number of hydrogen-bond donors (Lipinski definition) is 2. The molecule has 0 aromatic heterocycles. The minimum Gasteiger partial charge on any atom is -0.495 e. The molecule has 1 aliphatic rings. The van der Waals surface area contributed by atoms with E-state index in [1.807, 2.05) is 6.92 Å². The molecule has 24 heavy (non-hydrogen) atoms. The summed E-state index contributed by atoms with van der Waals surface area (Å²) in [5.41, 5.74) is 0.281. The second kappa shape index (κ2) is 8.46. The first kappa shape index (κ1) is 18.7. The maximum Gasteiger partial charge on any atom is 0.251 e. The Hall–Kier alpha value is -1.64. The fourth-order valence-corrected chi connectivity index (χ4v) is 3.63. The highest BCUT2D eigenvalue weighted by Gasteiger charge is 2.30. The lowest BCUT2D eigenvalue weighted by Gasteiger charge is -2.12. The van der Waals surface area contributed by atoms with E-state index >= 15 is 0 Å². The lowest BCUT2D eigenvalue weighted by Crippen LogP contribution is -2.28. The van der Waals surface area contributed by atoms with Crippen LogP contribution < -0.4 is 14.8 Å². The number of sulfonamides is 1. The zero-order valence-corrected chi connectivity index (χ0v) is 14.8. The molecule has 1 fully saturated rings. The molecule has 0 unspecified atom stereocenters. The Kier molecular flexibility index (Phi) is 6.59. The smallest absolute Gasteiger partial charge is 0.251 e. The topological polar surface area (TPSA) is 93.7 Å². The molecule has 1 aliphatic carbocycles. The predicted octanol–water partition coefficient (Wildman–Crippen LogP) is 1.29. The molecule has 1 aromatic carbocycles. The van der Waals surface area contributed by atoms with Crippen molar-refractivity contribution in [2.24, 2.45) is 0 Å². The zero-order valence-electron chi connectivity index (χ0n) is 14.0. The third kappa shape index (κ3) is 5.19. The highest BCUT2D eigenvalue weighted by Crippen LogP contribution is 2.28. The van der Waals surface area contributed by atoms with E-state index in [9.17, 15) is 13.2 Å². The van der Waals surface area contributed by atoms with E-state index in [4.69, 9.17) is 9.47 Å². The largest absolute Gasteiger partial charge is 0.495 e. The third-order valence-electron chi connectivity index (χ3n) is 3.57. The van der Waals surface area contributed by atoms with E-state index in [0.29, 0.717) is 26.2 Å². The number of methoxy groups -OCH3 is 1. The van der Waals surface area contributed by atoms with Crippen LogP contribution in [-0.2, 0) is 14.8 Å². The van der Waals surface area contributed by atoms with E-state index in [1.165, 1.54) is 19.2 Å². The minimum atomic E-state index is -3.70. The Bertz CT molecular complexity index is 671. The summed E-state index contributed by atoms with van der Waals surface area (Å²) in [7, 11) is -2.30. The molecule has 134 valence electrons. The molecule has 7 nitrogen and oxygen atoms in total. The number of carbonyl (C=O) groups is 1. The van der Waals surface area contributed by atoms with Crippen molar-refractivity contribution >= 4 is 15.9 Å². The van der Waals surface area contributed by atoms with E-state index in [-0.39, 0.29) is 28.2 Å². The quantitative estimate of drug-likeness (QED) is 0.616. The summed E-state index contributed by atoms with van der Waals surface area (Å²) in [5, 5.41) is 2.75. The normalized spacial score (nSPS) is 14.4. The van der Waals surface area contributed by atoms with E-state index in [2.05, 4.69) is 10.0 Å². The molecule has 2 N–H and O–H groups in total. The van der Waals surface area contributed by atoms with Crippen molar-refractivity contribution in [2.75, 3.05) is 26.9 Å². The Labute approximate surface area is 142 Å². The van der Waals surface area contributed by atoms with Gasteiger partial charge in [-0.3, -0.25) is 4.79 Å². The fraction of sp³-hybridized carbons (Fsp3) is 0.562. The highest BCUT2D eigenvalue weighted by molar-refractivity contribution is 7.89. The summed E-state index contributed by atoms with van der Waals surface area (Å²) >= 11 is 0. The standard InChI is InChI=1S/C16H24N2O5S/c1-3-23-10-4-9-17-16(19)12-5-8-14(22-2)15(11-12)24(20,21)18-13-6-7-13/h5,8,11,13,18H,3-4,6-7,9-10H2,1-2H3,(H,17,19). The van der Waals surface area contributed by atoms with E-state index in [0.717, 1.165) is 12.8 Å². The van der Waals surface area contributed by atoms with E-state index < -0.39 is 10.0 Å². The van der Waals surface area contributed by atoms with Crippen molar-refractivity contribution in [3.05, 3.63) is 23.8 Å². The Morgan fingerprint density at radius 3 is 2.71 bits per heavy atom. The lowest BCUT2D eigenvalue weighted by molar-refractivity contribution is 0.0944. The van der Waals surface area contributed by atoms with Crippen LogP contribution in [0.15, 0.2) is 23.1 Å². The summed E-state index contributed by atoms with van der Waals surface area (Å²) in [6, 6.07) is 4.38. The molecular weight excluding hydrogens is 332 g/mol. The van der Waals surface area contributed by atoms with Gasteiger partial charge in [-0.05, 0) is 44.4 Å². The van der Waals surface area contributed by atoms with Crippen molar-refractivity contribution in [3.8, 4) is 5.75 Å². The van der Waals surface area contributed by atoms with Crippen molar-refractivity contribution in [1.82, 2.24) is 10.0 Å². The number of hydrogen-bond acceptors (Lipinski definition) is 5. The van der Waals surface area contributed by atoms with Crippen LogP contribution in [-0.4, -0.2) is 47.2 Å². The van der Waals surface area contributed by atoms with Gasteiger partial charge < -0.3 is 14.8 Å². The van der Waals surface area contributed by atoms with Gasteiger partial charge in [0.25, 0.3) is 5.91 Å². The Morgan fingerprint density at radius 2 is 2.08 bits per heavy atom. The molecule has 1 saturated carbocycles. The van der Waals surface area contributed by atoms with Crippen molar-refractivity contribution in [2.45, 2.75) is 37.1 Å². The van der Waals surface area contributed by atoms with Crippen molar-refractivity contribution in [3.63, 3.8) is 0 Å². The summed E-state index contributed by atoms with van der Waals surface area (Å²) in [5.74, 6) is -0.104. The maximum atomic E-state index is 12.4. The molecule has 0 bridgehead atoms. The Morgan fingerprint density at radius 1 is 1.33 bits per heavy atom. The average molecular weight is 356 g/mol. The highest BCUT2D eigenvalue weighted by atomic mass is 32.2. The number of benzene rings is 1. The van der Waals surface area contributed by atoms with Gasteiger partial charge in [-0.25, -0.2) is 13.1 Å². The summed E-state index contributed by atoms with van der Waals surface area (Å²) in [6.45, 7) is 3.59. The zero-order chi connectivity index (χ0) is 17.6. The lowest BCUT2D eigenvalue weighted by atomic mass is 10.2. The SMILES string of the molecule is CCOCCCNC(=O)c1ccc(OC)c(S(=O)(=O)NC2CC2)c1. The first-order valence-corrected chi connectivity index (χ1v) is 9.52. The van der Waals surface area contributed by atoms with Crippen LogP contribution in [0.1, 0.15) is 36.5 Å². The van der Waals surface area contributed by atoms with Gasteiger partial charge in [0.2, 0.25) is 10.0 Å². The van der Waals surface area contributed by atoms with Crippen LogP contribution in [0.3, 0.4) is 0 Å². The van der Waals surface area contributed by atoms with Crippen LogP contribution in [0.25, 0.3) is 0 Å². The number of amides is 1. The number of ether oxygens (including phenoxy) is 2. The van der Waals surface area contributed by atoms with Crippen LogP contribution >= 0.6 is 0 Å². The first-order valence-electron chi connectivity index (χ1n) is 8.04. The molecule has 0 heterocycles. The monoisotopic (exact) mass is 356 g/mol. The summed E-state index contributed by atoms with van der Waals surface area (Å²) in [6.07, 6.45) is 2.37. The molecule has 0 spiro atoms. The number of nitrogens with one attached hydrogen (secondary N) is 2. The molecule has 1 aromatic rings. The molecule has 8 heteroatoms. The first-order chi connectivity index (χ1) is 11.5. The van der Waals surface area contributed by atoms with Crippen LogP contribution in [0.4, 0.5) is 0 Å². The van der Waals surface area contributed by atoms with Gasteiger partial charge >= 0.3 is 0 Å². The molecule has 0 radical (unpaired) electrons. The van der Waals surface area contributed by atoms with Gasteiger partial charge in [-0.2, -0.15) is 0 Å². The van der Waals surface area contributed by atoms with Gasteiger partial charge in [0.05, 0.1) is 7.11 Å². The minimum absolute atomic E-state index is 0.0149. The number of rotatable bonds is 10. The van der Waals surface area contributed by atoms with Crippen molar-refractivity contribution < 1.29 is 22.7 Å². The number of carbonyl (C=O) groups excluding carboxylic acids is 1. The average Bonchev–Trinajstić information content (AvgIpc) is 3.37. The van der Waals surface area contributed by atoms with Gasteiger partial charge in [0.1, 0.15) is 10.6 Å². The van der Waals surface area contributed by atoms with Crippen LogP contribution in [0.2, 0.25) is 0 Å². The van der Waals surface area contributed by atoms with Gasteiger partial charge in [-0.15, -0.1) is 0 Å². The van der Waals surface area contributed by atoms with Gasteiger partial charge in [0.15, 0.2) is 0 Å². The molecular formula is C16H24N2O5S. The summed E-state index contributed by atoms with van der Waals surface area (Å²) in [4.78, 5) is 12.2. The molecule has 0 saturated heterocycles. The van der Waals surface area contributed by atoms with Crippen LogP contribution in [0, 0.1) is 0 Å². The van der Waals surface area contributed by atoms with Gasteiger partial charge in [0, 0.05) is 31.4 Å².